The van der Waals surface area contributed by atoms with Crippen LogP contribution in [0.3, 0.4) is 0 Å². The van der Waals surface area contributed by atoms with Gasteiger partial charge in [-0.2, -0.15) is 0 Å². The molecular weight excluding hydrogens is 252 g/mol. The quantitative estimate of drug-likeness (QED) is 0.727. The predicted molar refractivity (Wildman–Crippen MR) is 75.9 cm³/mol. The van der Waals surface area contributed by atoms with Gasteiger partial charge in [0.25, 0.3) is 0 Å². The first kappa shape index (κ1) is 17.7. The fraction of sp³-hybridized carbons (Fsp3) is 0.923. The topological polar surface area (TPSA) is 61.4 Å². The van der Waals surface area contributed by atoms with Gasteiger partial charge < -0.3 is 15.7 Å². The monoisotopic (exact) mass is 278 g/mol. The molecule has 1 fully saturated rings. The molecule has 1 rings (SSSR count). The standard InChI is InChI=1S/C13H26N2O2.ClH/c1-13(2,3)8-11(16)9-15-12(17)10-4-6-14-7-5-10;/h10-11,14,16H,4-9H2,1-3H3,(H,15,17);1H. The van der Waals surface area contributed by atoms with Gasteiger partial charge in [0.05, 0.1) is 6.10 Å². The SMILES string of the molecule is CC(C)(C)CC(O)CNC(=O)C1CCNCC1.Cl. The lowest BCUT2D eigenvalue weighted by Crippen LogP contribution is -2.41. The van der Waals surface area contributed by atoms with Gasteiger partial charge in [0.1, 0.15) is 0 Å². The van der Waals surface area contributed by atoms with Crippen LogP contribution in [0.5, 0.6) is 0 Å². The number of piperidine rings is 1. The van der Waals surface area contributed by atoms with Crippen molar-refractivity contribution >= 4 is 18.3 Å². The highest BCUT2D eigenvalue weighted by atomic mass is 35.5. The second-order valence-electron chi connectivity index (χ2n) is 6.19. The molecule has 3 N–H and O–H groups in total. The molecular formula is C13H27ClN2O2. The second kappa shape index (κ2) is 7.97. The summed E-state index contributed by atoms with van der Waals surface area (Å²) in [4.78, 5) is 11.8. The summed E-state index contributed by atoms with van der Waals surface area (Å²) in [5.74, 6) is 0.220. The van der Waals surface area contributed by atoms with Gasteiger partial charge in [0.15, 0.2) is 0 Å². The van der Waals surface area contributed by atoms with E-state index in [0.717, 1.165) is 25.9 Å². The Labute approximate surface area is 116 Å². The molecule has 1 amide bonds. The number of carbonyl (C=O) groups is 1. The highest BCUT2D eigenvalue weighted by Gasteiger charge is 2.22. The van der Waals surface area contributed by atoms with Gasteiger partial charge in [-0.3, -0.25) is 4.79 Å². The Hall–Kier alpha value is -0.320. The molecule has 1 saturated heterocycles. The summed E-state index contributed by atoms with van der Waals surface area (Å²) in [5.41, 5.74) is 0.0961. The van der Waals surface area contributed by atoms with Gasteiger partial charge >= 0.3 is 0 Å². The molecule has 0 aromatic rings. The van der Waals surface area contributed by atoms with Crippen LogP contribution < -0.4 is 10.6 Å². The first-order chi connectivity index (χ1) is 7.88. The number of aliphatic hydroxyl groups is 1. The van der Waals surface area contributed by atoms with Gasteiger partial charge in [0, 0.05) is 12.5 Å². The van der Waals surface area contributed by atoms with Crippen molar-refractivity contribution in [3.8, 4) is 0 Å². The minimum atomic E-state index is -0.444. The number of hydrogen-bond acceptors (Lipinski definition) is 3. The average Bonchev–Trinajstić information content (AvgIpc) is 2.25. The zero-order valence-electron chi connectivity index (χ0n) is 11.7. The van der Waals surface area contributed by atoms with E-state index in [1.54, 1.807) is 0 Å². The number of halogens is 1. The van der Waals surface area contributed by atoms with Gasteiger partial charge in [-0.05, 0) is 37.8 Å². The van der Waals surface area contributed by atoms with E-state index in [1.807, 2.05) is 0 Å². The summed E-state index contributed by atoms with van der Waals surface area (Å²) in [6.07, 6.45) is 2.07. The van der Waals surface area contributed by atoms with Crippen LogP contribution in [-0.4, -0.2) is 36.8 Å². The van der Waals surface area contributed by atoms with E-state index in [4.69, 9.17) is 0 Å². The molecule has 0 spiro atoms. The van der Waals surface area contributed by atoms with Crippen LogP contribution in [0, 0.1) is 11.3 Å². The molecule has 0 bridgehead atoms. The smallest absolute Gasteiger partial charge is 0.223 e. The van der Waals surface area contributed by atoms with Crippen molar-refractivity contribution < 1.29 is 9.90 Å². The van der Waals surface area contributed by atoms with Gasteiger partial charge in [-0.25, -0.2) is 0 Å². The van der Waals surface area contributed by atoms with Crippen molar-refractivity contribution in [3.05, 3.63) is 0 Å². The summed E-state index contributed by atoms with van der Waals surface area (Å²) >= 11 is 0. The van der Waals surface area contributed by atoms with E-state index in [-0.39, 0.29) is 29.6 Å². The molecule has 5 heteroatoms. The van der Waals surface area contributed by atoms with Crippen LogP contribution >= 0.6 is 12.4 Å². The fourth-order valence-electron chi connectivity index (χ4n) is 2.23. The first-order valence-corrected chi connectivity index (χ1v) is 6.55. The van der Waals surface area contributed by atoms with Crippen LogP contribution in [-0.2, 0) is 4.79 Å². The van der Waals surface area contributed by atoms with Crippen LogP contribution in [0.2, 0.25) is 0 Å². The van der Waals surface area contributed by atoms with Crippen LogP contribution in [0.4, 0.5) is 0 Å². The maximum atomic E-state index is 11.8. The molecule has 1 aliphatic heterocycles. The summed E-state index contributed by atoms with van der Waals surface area (Å²) in [6.45, 7) is 8.48. The maximum absolute atomic E-state index is 11.8. The van der Waals surface area contributed by atoms with Crippen molar-refractivity contribution in [1.29, 1.82) is 0 Å². The highest BCUT2D eigenvalue weighted by molar-refractivity contribution is 5.85. The normalized spacial score (nSPS) is 18.9. The van der Waals surface area contributed by atoms with Crippen LogP contribution in [0.1, 0.15) is 40.0 Å². The summed E-state index contributed by atoms with van der Waals surface area (Å²) in [6, 6.07) is 0. The fourth-order valence-corrected chi connectivity index (χ4v) is 2.23. The molecule has 0 aromatic carbocycles. The first-order valence-electron chi connectivity index (χ1n) is 6.55. The Balaban J connectivity index is 0.00000289. The van der Waals surface area contributed by atoms with Gasteiger partial charge in [-0.15, -0.1) is 12.4 Å². The molecule has 108 valence electrons. The molecule has 1 unspecified atom stereocenters. The van der Waals surface area contributed by atoms with Crippen LogP contribution in [0.15, 0.2) is 0 Å². The number of aliphatic hydroxyl groups excluding tert-OH is 1. The highest BCUT2D eigenvalue weighted by Crippen LogP contribution is 2.20. The number of rotatable bonds is 4. The summed E-state index contributed by atoms with van der Waals surface area (Å²) in [5, 5.41) is 15.9. The van der Waals surface area contributed by atoms with Crippen molar-refractivity contribution in [2.45, 2.75) is 46.1 Å². The number of hydrogen-bond donors (Lipinski definition) is 3. The third-order valence-electron chi connectivity index (χ3n) is 3.07. The Kier molecular flexibility index (Phi) is 7.83. The molecule has 1 heterocycles. The third-order valence-corrected chi connectivity index (χ3v) is 3.07. The maximum Gasteiger partial charge on any atom is 0.223 e. The largest absolute Gasteiger partial charge is 0.391 e. The molecule has 0 aromatic heterocycles. The van der Waals surface area contributed by atoms with Crippen LogP contribution in [0.25, 0.3) is 0 Å². The molecule has 4 nitrogen and oxygen atoms in total. The lowest BCUT2D eigenvalue weighted by Gasteiger charge is -2.25. The van der Waals surface area contributed by atoms with E-state index in [9.17, 15) is 9.90 Å². The summed E-state index contributed by atoms with van der Waals surface area (Å²) < 4.78 is 0. The van der Waals surface area contributed by atoms with E-state index in [2.05, 4.69) is 31.4 Å². The number of nitrogens with one attached hydrogen (secondary N) is 2. The van der Waals surface area contributed by atoms with E-state index in [1.165, 1.54) is 0 Å². The minimum absolute atomic E-state index is 0. The Morgan fingerprint density at radius 2 is 1.94 bits per heavy atom. The molecule has 18 heavy (non-hydrogen) atoms. The van der Waals surface area contributed by atoms with E-state index >= 15 is 0 Å². The van der Waals surface area contributed by atoms with Crippen molar-refractivity contribution in [2.75, 3.05) is 19.6 Å². The lowest BCUT2D eigenvalue weighted by molar-refractivity contribution is -0.126. The molecule has 1 atom stereocenters. The second-order valence-corrected chi connectivity index (χ2v) is 6.19. The van der Waals surface area contributed by atoms with E-state index in [0.29, 0.717) is 13.0 Å². The molecule has 0 aliphatic carbocycles. The predicted octanol–water partition coefficient (Wildman–Crippen LogP) is 1.32. The average molecular weight is 279 g/mol. The Morgan fingerprint density at radius 3 is 2.44 bits per heavy atom. The van der Waals surface area contributed by atoms with Crippen molar-refractivity contribution in [1.82, 2.24) is 10.6 Å². The lowest BCUT2D eigenvalue weighted by atomic mass is 9.89. The zero-order chi connectivity index (χ0) is 12.9. The number of amides is 1. The Bertz CT molecular complexity index is 248. The van der Waals surface area contributed by atoms with Crippen molar-refractivity contribution in [2.24, 2.45) is 11.3 Å². The minimum Gasteiger partial charge on any atom is -0.391 e. The van der Waals surface area contributed by atoms with Gasteiger partial charge in [-0.1, -0.05) is 20.8 Å². The Morgan fingerprint density at radius 1 is 1.39 bits per heavy atom. The summed E-state index contributed by atoms with van der Waals surface area (Å²) in [7, 11) is 0. The number of carbonyl (C=O) groups excluding carboxylic acids is 1. The third kappa shape index (κ3) is 7.19. The zero-order valence-corrected chi connectivity index (χ0v) is 12.5. The molecule has 0 radical (unpaired) electrons. The van der Waals surface area contributed by atoms with Crippen molar-refractivity contribution in [3.63, 3.8) is 0 Å². The van der Waals surface area contributed by atoms with Gasteiger partial charge in [0.2, 0.25) is 5.91 Å². The molecule has 1 aliphatic rings. The molecule has 0 saturated carbocycles. The van der Waals surface area contributed by atoms with E-state index < -0.39 is 6.10 Å².